The predicted molar refractivity (Wildman–Crippen MR) is 217 cm³/mol. The molecule has 0 aliphatic rings. The normalized spacial score (nSPS) is 14.4. The smallest absolute Gasteiger partial charge is 0.334 e. The average molecular weight is 685 g/mol. The second-order valence-electron chi connectivity index (χ2n) is 12.4. The Bertz CT molecular complexity index is 1170. The van der Waals surface area contributed by atoms with Gasteiger partial charge in [-0.05, 0) is 25.7 Å². The molecule has 0 aromatic rings. The molecule has 4 nitrogen and oxygen atoms in total. The lowest BCUT2D eigenvalue weighted by Gasteiger charge is -2.26. The van der Waals surface area contributed by atoms with E-state index in [1.54, 1.807) is 38.2 Å². The number of ether oxygens (including phenoxy) is 2. The molecule has 0 spiro atoms. The molecule has 0 heterocycles. The van der Waals surface area contributed by atoms with Crippen molar-refractivity contribution < 1.29 is 19.1 Å². The minimum absolute atomic E-state index is 0.318. The van der Waals surface area contributed by atoms with Crippen LogP contribution in [-0.2, 0) is 19.1 Å². The fourth-order valence-electron chi connectivity index (χ4n) is 4.61. The van der Waals surface area contributed by atoms with E-state index in [-0.39, 0.29) is 0 Å². The highest BCUT2D eigenvalue weighted by Crippen LogP contribution is 2.18. The zero-order valence-corrected chi connectivity index (χ0v) is 31.9. The number of rotatable bonds is 30. The van der Waals surface area contributed by atoms with E-state index in [1.165, 1.54) is 102 Å². The van der Waals surface area contributed by atoms with Crippen LogP contribution in [0.4, 0.5) is 0 Å². The van der Waals surface area contributed by atoms with E-state index in [2.05, 4.69) is 38.2 Å². The quantitative estimate of drug-likeness (QED) is 0.0248. The van der Waals surface area contributed by atoms with Crippen molar-refractivity contribution in [1.29, 1.82) is 0 Å². The molecule has 0 bridgehead atoms. The van der Waals surface area contributed by atoms with Gasteiger partial charge < -0.3 is 9.47 Å². The molecule has 0 radical (unpaired) electrons. The Morgan fingerprint density at radius 1 is 0.400 bits per heavy atom. The maximum atomic E-state index is 12.3. The second kappa shape index (κ2) is 36.4. The summed E-state index contributed by atoms with van der Waals surface area (Å²) in [5.74, 6) is -2.53. The fraction of sp³-hybridized carbons (Fsp3) is 0.478. The van der Waals surface area contributed by atoms with Crippen molar-refractivity contribution >= 4 is 11.9 Å². The zero-order valence-electron chi connectivity index (χ0n) is 31.9. The summed E-state index contributed by atoms with van der Waals surface area (Å²) in [6, 6.07) is 0. The van der Waals surface area contributed by atoms with Gasteiger partial charge in [0.2, 0.25) is 0 Å². The third-order valence-electron chi connectivity index (χ3n) is 7.74. The lowest BCUT2D eigenvalue weighted by atomic mass is 10.1. The van der Waals surface area contributed by atoms with Crippen molar-refractivity contribution in [3.05, 3.63) is 134 Å². The highest BCUT2D eigenvalue weighted by Gasteiger charge is 2.29. The van der Waals surface area contributed by atoms with E-state index in [4.69, 9.17) is 9.47 Å². The maximum Gasteiger partial charge on any atom is 0.334 e. The minimum Gasteiger partial charge on any atom is -0.420 e. The van der Waals surface area contributed by atoms with Crippen LogP contribution in [0.2, 0.25) is 0 Å². The lowest BCUT2D eigenvalue weighted by Crippen LogP contribution is -2.35. The first kappa shape index (κ1) is 46.1. The molecule has 0 rings (SSSR count). The van der Waals surface area contributed by atoms with Gasteiger partial charge in [0.05, 0.1) is 0 Å². The number of hydrogen-bond acceptors (Lipinski definition) is 4. The van der Waals surface area contributed by atoms with E-state index in [0.29, 0.717) is 6.42 Å². The molecule has 50 heavy (non-hydrogen) atoms. The first-order chi connectivity index (χ1) is 24.5. The molecule has 0 saturated heterocycles. The summed E-state index contributed by atoms with van der Waals surface area (Å²) in [4.78, 5) is 24.6. The number of carbonyl (C=O) groups excluding carboxylic acids is 2. The Morgan fingerprint density at radius 3 is 1.00 bits per heavy atom. The second-order valence-corrected chi connectivity index (χ2v) is 12.4. The molecule has 0 saturated carbocycles. The maximum absolute atomic E-state index is 12.3. The van der Waals surface area contributed by atoms with Gasteiger partial charge in [-0.25, -0.2) is 9.59 Å². The van der Waals surface area contributed by atoms with Gasteiger partial charge in [0.1, 0.15) is 0 Å². The monoisotopic (exact) mass is 685 g/mol. The van der Waals surface area contributed by atoms with Crippen LogP contribution in [0.3, 0.4) is 0 Å². The number of carbonyl (C=O) groups is 2. The van der Waals surface area contributed by atoms with Crippen molar-refractivity contribution in [2.75, 3.05) is 0 Å². The summed E-state index contributed by atoms with van der Waals surface area (Å²) < 4.78 is 10.8. The summed E-state index contributed by atoms with van der Waals surface area (Å²) in [6.07, 6.45) is 62.4. The molecule has 0 fully saturated rings. The third-order valence-corrected chi connectivity index (χ3v) is 7.74. The third kappa shape index (κ3) is 34.0. The average Bonchev–Trinajstić information content (AvgIpc) is 3.10. The van der Waals surface area contributed by atoms with Crippen molar-refractivity contribution in [1.82, 2.24) is 0 Å². The van der Waals surface area contributed by atoms with E-state index >= 15 is 0 Å². The Hall–Kier alpha value is -3.92. The standard InChI is InChI=1S/C46H68O4/c1-5-8-10-12-14-16-18-20-22-24-25-27-29-31-33-35-37-39-41-43-45(48)50-46(4,7-3)49-44(47)42-40-38-36-34-32-30-28-26-23-21-19-17-15-13-11-9-6-2/h22-43H,5-21H2,1-4H3/b24-22+,26-23+,27-25+,30-28+,31-29+,34-32+,35-33+,38-36+,39-37+,42-40+,43-41+. The summed E-state index contributed by atoms with van der Waals surface area (Å²) in [5, 5.41) is 0. The van der Waals surface area contributed by atoms with Crippen LogP contribution >= 0.6 is 0 Å². The van der Waals surface area contributed by atoms with Gasteiger partial charge in [0, 0.05) is 25.5 Å². The van der Waals surface area contributed by atoms with Gasteiger partial charge in [-0.2, -0.15) is 0 Å². The summed E-state index contributed by atoms with van der Waals surface area (Å²) >= 11 is 0. The van der Waals surface area contributed by atoms with Gasteiger partial charge in [-0.15, -0.1) is 0 Å². The predicted octanol–water partition coefficient (Wildman–Crippen LogP) is 13.6. The molecule has 4 heteroatoms. The lowest BCUT2D eigenvalue weighted by molar-refractivity contribution is -0.216. The molecule has 276 valence electrons. The van der Waals surface area contributed by atoms with Crippen molar-refractivity contribution in [2.45, 2.75) is 143 Å². The number of hydrogen-bond donors (Lipinski definition) is 0. The van der Waals surface area contributed by atoms with Crippen LogP contribution in [0.1, 0.15) is 137 Å². The van der Waals surface area contributed by atoms with Crippen LogP contribution in [-0.4, -0.2) is 17.7 Å². The van der Waals surface area contributed by atoms with E-state index < -0.39 is 17.7 Å². The van der Waals surface area contributed by atoms with Crippen molar-refractivity contribution in [3.8, 4) is 0 Å². The molecule has 1 unspecified atom stereocenters. The summed E-state index contributed by atoms with van der Waals surface area (Å²) in [7, 11) is 0. The van der Waals surface area contributed by atoms with Gasteiger partial charge in [0.25, 0.3) is 5.79 Å². The molecule has 0 amide bonds. The number of allylic oxidation sites excluding steroid dienone is 20. The molecule has 0 aliphatic heterocycles. The molecular formula is C46H68O4. The van der Waals surface area contributed by atoms with Gasteiger partial charge >= 0.3 is 11.9 Å². The molecular weight excluding hydrogens is 617 g/mol. The molecule has 0 N–H and O–H groups in total. The van der Waals surface area contributed by atoms with Gasteiger partial charge in [0.15, 0.2) is 0 Å². The van der Waals surface area contributed by atoms with E-state index in [0.717, 1.165) is 12.8 Å². The van der Waals surface area contributed by atoms with Crippen LogP contribution in [0.25, 0.3) is 0 Å². The summed E-state index contributed by atoms with van der Waals surface area (Å²) in [6.45, 7) is 7.87. The van der Waals surface area contributed by atoms with Crippen LogP contribution in [0.5, 0.6) is 0 Å². The van der Waals surface area contributed by atoms with Crippen molar-refractivity contribution in [2.24, 2.45) is 0 Å². The Morgan fingerprint density at radius 2 is 0.680 bits per heavy atom. The molecule has 0 aromatic heterocycles. The highest BCUT2D eigenvalue weighted by atomic mass is 16.7. The minimum atomic E-state index is -1.36. The highest BCUT2D eigenvalue weighted by molar-refractivity contribution is 5.84. The zero-order chi connectivity index (χ0) is 36.6. The van der Waals surface area contributed by atoms with Gasteiger partial charge in [-0.3, -0.25) is 0 Å². The van der Waals surface area contributed by atoms with Crippen LogP contribution in [0.15, 0.2) is 134 Å². The Labute approximate surface area is 306 Å². The van der Waals surface area contributed by atoms with Crippen molar-refractivity contribution in [3.63, 3.8) is 0 Å². The van der Waals surface area contributed by atoms with E-state index in [1.807, 2.05) is 72.9 Å². The molecule has 0 aliphatic carbocycles. The molecule has 0 aromatic carbocycles. The van der Waals surface area contributed by atoms with E-state index in [9.17, 15) is 9.59 Å². The first-order valence-corrected chi connectivity index (χ1v) is 19.3. The Balaban J connectivity index is 4.25. The van der Waals surface area contributed by atoms with Gasteiger partial charge in [-0.1, -0.05) is 219 Å². The number of unbranched alkanes of at least 4 members (excludes halogenated alkanes) is 14. The SMILES string of the molecule is CCCCCCCCC/C=C/C=C/C=C/C=C/C=C/C=C/C(=O)OC(C)(CC)OC(=O)/C=C/C=C/C=C/C=C/C=C/CCCCCCCCC. The Kier molecular flexibility index (Phi) is 33.5. The first-order valence-electron chi connectivity index (χ1n) is 19.3. The topological polar surface area (TPSA) is 52.6 Å². The van der Waals surface area contributed by atoms with Crippen LogP contribution < -0.4 is 0 Å². The molecule has 1 atom stereocenters. The van der Waals surface area contributed by atoms with Crippen LogP contribution in [0, 0.1) is 0 Å². The summed E-state index contributed by atoms with van der Waals surface area (Å²) in [5.41, 5.74) is 0. The fourth-order valence-corrected chi connectivity index (χ4v) is 4.61. The number of esters is 2. The largest absolute Gasteiger partial charge is 0.420 e.